The fourth-order valence-electron chi connectivity index (χ4n) is 2.92. The standard InChI is InChI=1S/C22H19N5OS2/c1-2-14-29-22-26-25-21(30-22)24-20(28)19-7-4-3-6-18(19)17-10-8-16(9-11-17)15-27-13-5-12-23-27/h2-13H,1,14-15H2,(H,24,25,28). The van der Waals surface area contributed by atoms with Crippen LogP contribution in [-0.4, -0.2) is 31.6 Å². The minimum atomic E-state index is -0.206. The largest absolute Gasteiger partial charge is 0.296 e. The van der Waals surface area contributed by atoms with Crippen molar-refractivity contribution < 1.29 is 4.79 Å². The number of rotatable bonds is 8. The number of thioether (sulfide) groups is 1. The zero-order valence-electron chi connectivity index (χ0n) is 16.1. The lowest BCUT2D eigenvalue weighted by atomic mass is 9.98. The van der Waals surface area contributed by atoms with Gasteiger partial charge in [0.15, 0.2) is 4.34 Å². The molecule has 0 fully saturated rings. The van der Waals surface area contributed by atoms with Gasteiger partial charge in [0.1, 0.15) is 0 Å². The lowest BCUT2D eigenvalue weighted by Crippen LogP contribution is -2.13. The van der Waals surface area contributed by atoms with Crippen LogP contribution in [0, 0.1) is 0 Å². The molecule has 0 unspecified atom stereocenters. The smallest absolute Gasteiger partial charge is 0.258 e. The molecule has 0 atom stereocenters. The molecular weight excluding hydrogens is 414 g/mol. The third-order valence-corrected chi connectivity index (χ3v) is 6.26. The molecule has 2 heterocycles. The summed E-state index contributed by atoms with van der Waals surface area (Å²) in [4.78, 5) is 12.9. The van der Waals surface area contributed by atoms with Crippen LogP contribution in [-0.2, 0) is 6.54 Å². The van der Waals surface area contributed by atoms with Crippen molar-refractivity contribution in [3.8, 4) is 11.1 Å². The van der Waals surface area contributed by atoms with E-state index < -0.39 is 0 Å². The number of anilines is 1. The summed E-state index contributed by atoms with van der Waals surface area (Å²) in [7, 11) is 0. The Morgan fingerprint density at radius 1 is 1.13 bits per heavy atom. The van der Waals surface area contributed by atoms with Crippen molar-refractivity contribution in [1.82, 2.24) is 20.0 Å². The van der Waals surface area contributed by atoms with Gasteiger partial charge in [-0.2, -0.15) is 5.10 Å². The number of amides is 1. The van der Waals surface area contributed by atoms with Gasteiger partial charge in [-0.1, -0.05) is 71.6 Å². The van der Waals surface area contributed by atoms with Crippen LogP contribution in [0.15, 0.2) is 84.0 Å². The van der Waals surface area contributed by atoms with Crippen molar-refractivity contribution in [3.05, 3.63) is 90.8 Å². The van der Waals surface area contributed by atoms with Gasteiger partial charge in [-0.05, 0) is 28.8 Å². The summed E-state index contributed by atoms with van der Waals surface area (Å²) >= 11 is 2.89. The van der Waals surface area contributed by atoms with E-state index in [1.807, 2.05) is 53.3 Å². The van der Waals surface area contributed by atoms with Gasteiger partial charge in [0.05, 0.1) is 6.54 Å². The molecule has 1 N–H and O–H groups in total. The first kappa shape index (κ1) is 20.1. The average molecular weight is 434 g/mol. The fraction of sp³-hybridized carbons (Fsp3) is 0.0909. The minimum Gasteiger partial charge on any atom is -0.296 e. The molecule has 0 bridgehead atoms. The Morgan fingerprint density at radius 3 is 2.73 bits per heavy atom. The van der Waals surface area contributed by atoms with Gasteiger partial charge in [0.25, 0.3) is 5.91 Å². The SMILES string of the molecule is C=CCSc1nnc(NC(=O)c2ccccc2-c2ccc(Cn3cccn3)cc2)s1. The second-order valence-corrected chi connectivity index (χ2v) is 8.62. The van der Waals surface area contributed by atoms with Crippen molar-refractivity contribution in [1.29, 1.82) is 0 Å². The molecule has 4 aromatic rings. The Morgan fingerprint density at radius 2 is 1.97 bits per heavy atom. The van der Waals surface area contributed by atoms with E-state index in [2.05, 4.69) is 39.3 Å². The van der Waals surface area contributed by atoms with Crippen LogP contribution in [0.4, 0.5) is 5.13 Å². The molecule has 30 heavy (non-hydrogen) atoms. The van der Waals surface area contributed by atoms with Gasteiger partial charge in [-0.15, -0.1) is 16.8 Å². The Labute approximate surface area is 182 Å². The molecule has 0 aliphatic carbocycles. The topological polar surface area (TPSA) is 72.7 Å². The summed E-state index contributed by atoms with van der Waals surface area (Å²) in [6.45, 7) is 4.40. The quantitative estimate of drug-likeness (QED) is 0.241. The van der Waals surface area contributed by atoms with Crippen molar-refractivity contribution in [3.63, 3.8) is 0 Å². The van der Waals surface area contributed by atoms with E-state index in [1.165, 1.54) is 23.1 Å². The van der Waals surface area contributed by atoms with Crippen molar-refractivity contribution in [2.45, 2.75) is 10.9 Å². The molecule has 1 amide bonds. The maximum absolute atomic E-state index is 12.9. The van der Waals surface area contributed by atoms with Crippen molar-refractivity contribution in [2.75, 3.05) is 11.1 Å². The summed E-state index contributed by atoms with van der Waals surface area (Å²) in [6.07, 6.45) is 5.51. The molecule has 0 aliphatic heterocycles. The van der Waals surface area contributed by atoms with Crippen LogP contribution >= 0.6 is 23.1 Å². The molecule has 2 aromatic heterocycles. The van der Waals surface area contributed by atoms with E-state index in [4.69, 9.17) is 0 Å². The third-order valence-electron chi connectivity index (χ3n) is 4.29. The first-order valence-corrected chi connectivity index (χ1v) is 11.1. The highest BCUT2D eigenvalue weighted by Crippen LogP contribution is 2.28. The number of nitrogens with one attached hydrogen (secondary N) is 1. The summed E-state index contributed by atoms with van der Waals surface area (Å²) < 4.78 is 2.67. The number of aromatic nitrogens is 4. The minimum absolute atomic E-state index is 0.206. The number of hydrogen-bond acceptors (Lipinski definition) is 6. The Bertz CT molecular complexity index is 1140. The van der Waals surface area contributed by atoms with Gasteiger partial charge in [0, 0.05) is 23.7 Å². The van der Waals surface area contributed by atoms with E-state index in [0.29, 0.717) is 17.2 Å². The Hall–Kier alpha value is -3.23. The molecule has 2 aromatic carbocycles. The molecule has 6 nitrogen and oxygen atoms in total. The van der Waals surface area contributed by atoms with E-state index in [1.54, 1.807) is 12.3 Å². The van der Waals surface area contributed by atoms with Gasteiger partial charge in [0.2, 0.25) is 5.13 Å². The average Bonchev–Trinajstić information content (AvgIpc) is 3.45. The highest BCUT2D eigenvalue weighted by atomic mass is 32.2. The predicted octanol–water partition coefficient (Wildman–Crippen LogP) is 4.98. The van der Waals surface area contributed by atoms with E-state index in [-0.39, 0.29) is 5.91 Å². The van der Waals surface area contributed by atoms with Crippen LogP contribution in [0.2, 0.25) is 0 Å². The zero-order chi connectivity index (χ0) is 20.8. The zero-order valence-corrected chi connectivity index (χ0v) is 17.7. The van der Waals surface area contributed by atoms with Crippen LogP contribution in [0.5, 0.6) is 0 Å². The fourth-order valence-corrected chi connectivity index (χ4v) is 4.42. The van der Waals surface area contributed by atoms with Crippen LogP contribution in [0.1, 0.15) is 15.9 Å². The molecule has 4 rings (SSSR count). The highest BCUT2D eigenvalue weighted by molar-refractivity contribution is 8.01. The van der Waals surface area contributed by atoms with E-state index in [0.717, 1.165) is 26.8 Å². The van der Waals surface area contributed by atoms with Gasteiger partial charge >= 0.3 is 0 Å². The Kier molecular flexibility index (Phi) is 6.36. The van der Waals surface area contributed by atoms with Gasteiger partial charge in [-0.25, -0.2) is 0 Å². The van der Waals surface area contributed by atoms with Gasteiger partial charge < -0.3 is 0 Å². The first-order chi connectivity index (χ1) is 14.7. The predicted molar refractivity (Wildman–Crippen MR) is 122 cm³/mol. The normalized spacial score (nSPS) is 10.7. The molecule has 8 heteroatoms. The van der Waals surface area contributed by atoms with Crippen LogP contribution in [0.3, 0.4) is 0 Å². The molecular formula is C22H19N5OS2. The summed E-state index contributed by atoms with van der Waals surface area (Å²) in [5, 5.41) is 15.7. The van der Waals surface area contributed by atoms with Crippen LogP contribution < -0.4 is 5.32 Å². The molecule has 0 saturated heterocycles. The molecule has 0 radical (unpaired) electrons. The number of hydrogen-bond donors (Lipinski definition) is 1. The maximum Gasteiger partial charge on any atom is 0.258 e. The Balaban J connectivity index is 1.51. The number of carbonyl (C=O) groups excluding carboxylic acids is 1. The van der Waals surface area contributed by atoms with Gasteiger partial charge in [-0.3, -0.25) is 14.8 Å². The lowest BCUT2D eigenvalue weighted by Gasteiger charge is -2.10. The van der Waals surface area contributed by atoms with Crippen LogP contribution in [0.25, 0.3) is 11.1 Å². The molecule has 0 saturated carbocycles. The molecule has 0 aliphatic rings. The van der Waals surface area contributed by atoms with E-state index in [9.17, 15) is 4.79 Å². The summed E-state index contributed by atoms with van der Waals surface area (Å²) in [5.74, 6) is 0.546. The third kappa shape index (κ3) is 4.84. The summed E-state index contributed by atoms with van der Waals surface area (Å²) in [6, 6.07) is 17.6. The number of benzene rings is 2. The summed E-state index contributed by atoms with van der Waals surface area (Å²) in [5.41, 5.74) is 3.58. The second kappa shape index (κ2) is 9.51. The van der Waals surface area contributed by atoms with Crippen molar-refractivity contribution >= 4 is 34.1 Å². The molecule has 0 spiro atoms. The second-order valence-electron chi connectivity index (χ2n) is 6.37. The number of nitrogens with zero attached hydrogens (tertiary/aromatic N) is 4. The highest BCUT2D eigenvalue weighted by Gasteiger charge is 2.15. The van der Waals surface area contributed by atoms with E-state index >= 15 is 0 Å². The maximum atomic E-state index is 12.9. The van der Waals surface area contributed by atoms with Crippen molar-refractivity contribution in [2.24, 2.45) is 0 Å². The monoisotopic (exact) mass is 433 g/mol. The number of carbonyl (C=O) groups is 1. The molecule has 150 valence electrons. The lowest BCUT2D eigenvalue weighted by molar-refractivity contribution is 0.102. The first-order valence-electron chi connectivity index (χ1n) is 9.27.